The summed E-state index contributed by atoms with van der Waals surface area (Å²) in [4.78, 5) is 36.2. The van der Waals surface area contributed by atoms with E-state index < -0.39 is 18.0 Å². The van der Waals surface area contributed by atoms with Gasteiger partial charge in [0.1, 0.15) is 5.69 Å². The average Bonchev–Trinajstić information content (AvgIpc) is 2.49. The number of nitrogens with zero attached hydrogens (tertiary/aromatic N) is 3. The van der Waals surface area contributed by atoms with Gasteiger partial charge in [0.25, 0.3) is 11.5 Å². The maximum absolute atomic E-state index is 12.3. The quantitative estimate of drug-likeness (QED) is 0.809. The molecule has 0 saturated carbocycles. The highest BCUT2D eigenvalue weighted by Gasteiger charge is 2.30. The van der Waals surface area contributed by atoms with Crippen molar-refractivity contribution >= 4 is 11.9 Å². The summed E-state index contributed by atoms with van der Waals surface area (Å²) in [7, 11) is 0. The molecule has 1 atom stereocenters. The number of carbonyl (C=O) groups is 2. The molecule has 21 heavy (non-hydrogen) atoms. The van der Waals surface area contributed by atoms with Gasteiger partial charge in [-0.05, 0) is 12.5 Å². The number of aliphatic carboxylic acids is 1. The molecular weight excluding hydrogens is 278 g/mol. The van der Waals surface area contributed by atoms with E-state index in [2.05, 4.69) is 5.10 Å². The van der Waals surface area contributed by atoms with Gasteiger partial charge in [-0.2, -0.15) is 5.10 Å². The van der Waals surface area contributed by atoms with Crippen LogP contribution in [-0.4, -0.2) is 57.5 Å². The predicted molar refractivity (Wildman–Crippen MR) is 72.1 cm³/mol. The van der Waals surface area contributed by atoms with E-state index in [1.165, 1.54) is 21.7 Å². The number of carboxylic acids is 1. The Kier molecular flexibility index (Phi) is 4.69. The smallest absolute Gasteiger partial charge is 0.334 e. The van der Waals surface area contributed by atoms with E-state index in [-0.39, 0.29) is 24.4 Å². The van der Waals surface area contributed by atoms with E-state index in [9.17, 15) is 14.4 Å². The highest BCUT2D eigenvalue weighted by molar-refractivity contribution is 5.92. The summed E-state index contributed by atoms with van der Waals surface area (Å²) < 4.78 is 6.31. The molecule has 114 valence electrons. The molecule has 0 aliphatic carbocycles. The summed E-state index contributed by atoms with van der Waals surface area (Å²) in [6.45, 7) is 2.78. The molecule has 8 nitrogen and oxygen atoms in total. The number of morpholine rings is 1. The highest BCUT2D eigenvalue weighted by atomic mass is 16.5. The number of hydrogen-bond donors (Lipinski definition) is 1. The van der Waals surface area contributed by atoms with Crippen LogP contribution in [0.25, 0.3) is 0 Å². The Bertz CT molecular complexity index is 598. The summed E-state index contributed by atoms with van der Waals surface area (Å²) in [6, 6.07) is 2.66. The fourth-order valence-electron chi connectivity index (χ4n) is 2.08. The number of carboxylic acid groups (broad SMARTS) is 1. The molecule has 1 aliphatic rings. The number of amides is 1. The van der Waals surface area contributed by atoms with Crippen LogP contribution >= 0.6 is 0 Å². The number of ether oxygens (including phenoxy) is 1. The van der Waals surface area contributed by atoms with Crippen LogP contribution in [0.2, 0.25) is 0 Å². The summed E-state index contributed by atoms with van der Waals surface area (Å²) in [5.74, 6) is -1.49. The van der Waals surface area contributed by atoms with E-state index in [1.807, 2.05) is 6.92 Å². The maximum Gasteiger partial charge on any atom is 0.334 e. The molecule has 2 rings (SSSR count). The van der Waals surface area contributed by atoms with E-state index in [1.54, 1.807) is 0 Å². The monoisotopic (exact) mass is 295 g/mol. The molecule has 0 aromatic carbocycles. The van der Waals surface area contributed by atoms with Crippen molar-refractivity contribution in [3.05, 3.63) is 28.2 Å². The zero-order chi connectivity index (χ0) is 15.4. The van der Waals surface area contributed by atoms with Crippen molar-refractivity contribution in [2.75, 3.05) is 19.7 Å². The molecule has 8 heteroatoms. The first-order valence-electron chi connectivity index (χ1n) is 6.74. The first kappa shape index (κ1) is 15.2. The van der Waals surface area contributed by atoms with Crippen LogP contribution in [-0.2, 0) is 16.1 Å². The van der Waals surface area contributed by atoms with Crippen molar-refractivity contribution in [2.45, 2.75) is 26.0 Å². The number of aromatic nitrogens is 2. The molecular formula is C13H17N3O5. The molecule has 0 radical (unpaired) electrons. The Balaban J connectivity index is 2.17. The van der Waals surface area contributed by atoms with Crippen LogP contribution in [0.15, 0.2) is 16.9 Å². The molecule has 1 fully saturated rings. The van der Waals surface area contributed by atoms with Gasteiger partial charge < -0.3 is 14.7 Å². The zero-order valence-corrected chi connectivity index (χ0v) is 11.7. The first-order valence-corrected chi connectivity index (χ1v) is 6.74. The second-order valence-electron chi connectivity index (χ2n) is 4.73. The Morgan fingerprint density at radius 1 is 1.48 bits per heavy atom. The molecule has 0 spiro atoms. The standard InChI is InChI=1S/C13H17N3O5/c1-2-5-16-11(17)4-3-9(14-16)12(18)15-6-7-21-10(8-15)13(19)20/h3-4,10H,2,5-8H2,1H3,(H,19,20). The lowest BCUT2D eigenvalue weighted by Crippen LogP contribution is -2.49. The lowest BCUT2D eigenvalue weighted by atomic mass is 10.2. The van der Waals surface area contributed by atoms with Crippen LogP contribution in [0.3, 0.4) is 0 Å². The third-order valence-electron chi connectivity index (χ3n) is 3.15. The number of rotatable bonds is 4. The van der Waals surface area contributed by atoms with Gasteiger partial charge in [-0.1, -0.05) is 6.92 Å². The molecule has 1 aromatic rings. The highest BCUT2D eigenvalue weighted by Crippen LogP contribution is 2.09. The van der Waals surface area contributed by atoms with Gasteiger partial charge >= 0.3 is 5.97 Å². The lowest BCUT2D eigenvalue weighted by molar-refractivity contribution is -0.154. The largest absolute Gasteiger partial charge is 0.479 e. The summed E-state index contributed by atoms with van der Waals surface area (Å²) in [5, 5.41) is 13.0. The molecule has 1 amide bonds. The number of aryl methyl sites for hydroxylation is 1. The fraction of sp³-hybridized carbons (Fsp3) is 0.538. The van der Waals surface area contributed by atoms with Crippen molar-refractivity contribution in [3.63, 3.8) is 0 Å². The predicted octanol–water partition coefficient (Wildman–Crippen LogP) is -0.421. The fourth-order valence-corrected chi connectivity index (χ4v) is 2.08. The van der Waals surface area contributed by atoms with E-state index in [4.69, 9.17) is 9.84 Å². The Morgan fingerprint density at radius 3 is 2.90 bits per heavy atom. The average molecular weight is 295 g/mol. The van der Waals surface area contributed by atoms with Gasteiger partial charge in [0.2, 0.25) is 0 Å². The maximum atomic E-state index is 12.3. The SMILES string of the molecule is CCCn1nc(C(=O)N2CCOC(C(=O)O)C2)ccc1=O. The summed E-state index contributed by atoms with van der Waals surface area (Å²) in [5.41, 5.74) is -0.132. The summed E-state index contributed by atoms with van der Waals surface area (Å²) >= 11 is 0. The van der Waals surface area contributed by atoms with Gasteiger partial charge in [-0.15, -0.1) is 0 Å². The van der Waals surface area contributed by atoms with Crippen LogP contribution in [0.1, 0.15) is 23.8 Å². The van der Waals surface area contributed by atoms with Crippen molar-refractivity contribution in [1.29, 1.82) is 0 Å². The van der Waals surface area contributed by atoms with Crippen LogP contribution < -0.4 is 5.56 Å². The van der Waals surface area contributed by atoms with Gasteiger partial charge in [0.05, 0.1) is 13.2 Å². The lowest BCUT2D eigenvalue weighted by Gasteiger charge is -2.30. The Hall–Kier alpha value is -2.22. The molecule has 1 unspecified atom stereocenters. The van der Waals surface area contributed by atoms with Gasteiger partial charge in [0, 0.05) is 19.2 Å². The van der Waals surface area contributed by atoms with Crippen LogP contribution in [0.4, 0.5) is 0 Å². The molecule has 0 bridgehead atoms. The van der Waals surface area contributed by atoms with Gasteiger partial charge in [-0.25, -0.2) is 9.48 Å². The molecule has 2 heterocycles. The van der Waals surface area contributed by atoms with Crippen LogP contribution in [0, 0.1) is 0 Å². The molecule has 1 saturated heterocycles. The van der Waals surface area contributed by atoms with Gasteiger partial charge in [0.15, 0.2) is 6.10 Å². The topological polar surface area (TPSA) is 102 Å². The third kappa shape index (κ3) is 3.46. The molecule has 1 N–H and O–H groups in total. The Labute approximate surface area is 120 Å². The first-order chi connectivity index (χ1) is 10.0. The van der Waals surface area contributed by atoms with Crippen LogP contribution in [0.5, 0.6) is 0 Å². The normalized spacial score (nSPS) is 18.5. The zero-order valence-electron chi connectivity index (χ0n) is 11.7. The van der Waals surface area contributed by atoms with Crippen molar-refractivity contribution < 1.29 is 19.4 Å². The molecule has 1 aromatic heterocycles. The van der Waals surface area contributed by atoms with Crippen molar-refractivity contribution in [2.24, 2.45) is 0 Å². The van der Waals surface area contributed by atoms with Crippen molar-refractivity contribution in [3.8, 4) is 0 Å². The van der Waals surface area contributed by atoms with Gasteiger partial charge in [-0.3, -0.25) is 9.59 Å². The third-order valence-corrected chi connectivity index (χ3v) is 3.15. The van der Waals surface area contributed by atoms with Crippen molar-refractivity contribution in [1.82, 2.24) is 14.7 Å². The number of hydrogen-bond acceptors (Lipinski definition) is 5. The van der Waals surface area contributed by atoms with E-state index in [0.717, 1.165) is 6.42 Å². The van der Waals surface area contributed by atoms with E-state index >= 15 is 0 Å². The second-order valence-corrected chi connectivity index (χ2v) is 4.73. The van der Waals surface area contributed by atoms with E-state index in [0.29, 0.717) is 13.1 Å². The minimum absolute atomic E-state index is 0.0250. The minimum atomic E-state index is -1.10. The number of carbonyl (C=O) groups excluding carboxylic acids is 1. The Morgan fingerprint density at radius 2 is 2.24 bits per heavy atom. The minimum Gasteiger partial charge on any atom is -0.479 e. The molecule has 1 aliphatic heterocycles. The summed E-state index contributed by atoms with van der Waals surface area (Å²) in [6.07, 6.45) is -0.298. The second kappa shape index (κ2) is 6.49.